The minimum atomic E-state index is -0.995. The Balaban J connectivity index is 1.48. The second kappa shape index (κ2) is 9.16. The van der Waals surface area contributed by atoms with Crippen LogP contribution in [0.1, 0.15) is 60.6 Å². The number of nitrogens with zero attached hydrogens (tertiary/aromatic N) is 2. The number of carbonyl (C=O) groups is 2. The van der Waals surface area contributed by atoms with E-state index < -0.39 is 5.54 Å². The number of rotatable bonds is 6. The molecule has 0 radical (unpaired) electrons. The van der Waals surface area contributed by atoms with Crippen LogP contribution in [0.2, 0.25) is 0 Å². The molecule has 3 aromatic rings. The summed E-state index contributed by atoms with van der Waals surface area (Å²) in [5, 5.41) is 3.30. The van der Waals surface area contributed by atoms with Crippen LogP contribution in [-0.2, 0) is 17.8 Å². The van der Waals surface area contributed by atoms with E-state index in [-0.39, 0.29) is 17.9 Å². The lowest BCUT2D eigenvalue weighted by atomic mass is 9.91. The van der Waals surface area contributed by atoms with E-state index in [4.69, 9.17) is 4.42 Å². The van der Waals surface area contributed by atoms with Gasteiger partial charge in [0.25, 0.3) is 5.91 Å². The van der Waals surface area contributed by atoms with Crippen LogP contribution in [0.4, 0.5) is 0 Å². The molecule has 3 heterocycles. The van der Waals surface area contributed by atoms with Crippen molar-refractivity contribution < 1.29 is 14.0 Å². The van der Waals surface area contributed by atoms with Crippen molar-refractivity contribution in [3.8, 4) is 11.5 Å². The van der Waals surface area contributed by atoms with Gasteiger partial charge >= 0.3 is 0 Å². The molecule has 1 fully saturated rings. The number of nitrogens with one attached hydrogen (secondary N) is 1. The molecule has 0 spiro atoms. The molecule has 2 amide bonds. The third-order valence-corrected chi connectivity index (χ3v) is 7.58. The largest absolute Gasteiger partial charge is 0.463 e. The highest BCUT2D eigenvalue weighted by molar-refractivity contribution is 6.00. The Morgan fingerprint density at radius 2 is 1.82 bits per heavy atom. The van der Waals surface area contributed by atoms with Crippen LogP contribution < -0.4 is 5.32 Å². The molecule has 0 saturated heterocycles. The number of carbonyl (C=O) groups excluding carboxylic acids is 2. The van der Waals surface area contributed by atoms with E-state index in [1.165, 1.54) is 17.5 Å². The number of amides is 2. The normalized spacial score (nSPS) is 20.9. The number of aromatic nitrogens is 1. The molecule has 178 valence electrons. The molecule has 5 rings (SSSR count). The Kier molecular flexibility index (Phi) is 6.07. The Hall–Kier alpha value is -3.28. The molecule has 1 aliphatic heterocycles. The van der Waals surface area contributed by atoms with E-state index in [0.717, 1.165) is 31.4 Å². The molecule has 2 aromatic heterocycles. The van der Waals surface area contributed by atoms with Gasteiger partial charge in [-0.1, -0.05) is 43.5 Å². The number of furan rings is 1. The first-order valence-electron chi connectivity index (χ1n) is 12.4. The van der Waals surface area contributed by atoms with Gasteiger partial charge in [0.1, 0.15) is 17.0 Å². The highest BCUT2D eigenvalue weighted by Gasteiger charge is 2.48. The minimum absolute atomic E-state index is 0.0673. The van der Waals surface area contributed by atoms with E-state index in [1.807, 2.05) is 47.9 Å². The second-order valence-corrected chi connectivity index (χ2v) is 9.88. The SMILES string of the molecule is Cc1ccccc1CCN1C(=O)c2ccc(-c3ccco3)n2C[C@@]1(C)C(=O)NC1CCCCC1. The number of hydrogen-bond donors (Lipinski definition) is 1. The van der Waals surface area contributed by atoms with E-state index in [9.17, 15) is 9.59 Å². The molecule has 2 aliphatic rings. The molecule has 34 heavy (non-hydrogen) atoms. The van der Waals surface area contributed by atoms with Gasteiger partial charge in [-0.15, -0.1) is 0 Å². The fourth-order valence-corrected chi connectivity index (χ4v) is 5.47. The van der Waals surface area contributed by atoms with Crippen molar-refractivity contribution >= 4 is 11.8 Å². The molecular weight excluding hydrogens is 426 g/mol. The number of benzene rings is 1. The van der Waals surface area contributed by atoms with E-state index in [2.05, 4.69) is 24.4 Å². The van der Waals surface area contributed by atoms with Crippen molar-refractivity contribution in [2.45, 2.75) is 70.5 Å². The minimum Gasteiger partial charge on any atom is -0.463 e. The van der Waals surface area contributed by atoms with Gasteiger partial charge in [-0.3, -0.25) is 9.59 Å². The lowest BCUT2D eigenvalue weighted by molar-refractivity contribution is -0.133. The lowest BCUT2D eigenvalue weighted by Gasteiger charge is -2.45. The van der Waals surface area contributed by atoms with Gasteiger partial charge in [-0.2, -0.15) is 0 Å². The van der Waals surface area contributed by atoms with Crippen molar-refractivity contribution in [1.29, 1.82) is 0 Å². The highest BCUT2D eigenvalue weighted by Crippen LogP contribution is 2.34. The van der Waals surface area contributed by atoms with Gasteiger partial charge in [0.2, 0.25) is 5.91 Å². The van der Waals surface area contributed by atoms with Gasteiger partial charge in [0, 0.05) is 12.6 Å². The summed E-state index contributed by atoms with van der Waals surface area (Å²) in [4.78, 5) is 29.4. The Labute approximate surface area is 200 Å². The summed E-state index contributed by atoms with van der Waals surface area (Å²) in [6, 6.07) is 15.9. The van der Waals surface area contributed by atoms with Crippen molar-refractivity contribution in [2.24, 2.45) is 0 Å². The molecule has 6 heteroatoms. The molecule has 1 aromatic carbocycles. The zero-order valence-corrected chi connectivity index (χ0v) is 20.0. The summed E-state index contributed by atoms with van der Waals surface area (Å²) in [7, 11) is 0. The van der Waals surface area contributed by atoms with Crippen LogP contribution in [0, 0.1) is 6.92 Å². The standard InChI is InChI=1S/C28H33N3O3/c1-20-9-6-7-10-21(20)16-17-31-26(32)24-15-14-23(25-13-8-18-34-25)30(24)19-28(31,2)27(33)29-22-11-4-3-5-12-22/h6-10,13-15,18,22H,3-5,11-12,16-17,19H2,1-2H3,(H,29,33)/t28-/m0/s1. The van der Waals surface area contributed by atoms with Gasteiger partial charge in [-0.25, -0.2) is 0 Å². The predicted molar refractivity (Wildman–Crippen MR) is 131 cm³/mol. The molecule has 6 nitrogen and oxygen atoms in total. The van der Waals surface area contributed by atoms with Crippen molar-refractivity contribution in [2.75, 3.05) is 6.54 Å². The molecule has 1 N–H and O–H groups in total. The average molecular weight is 460 g/mol. The van der Waals surface area contributed by atoms with Crippen LogP contribution in [0.25, 0.3) is 11.5 Å². The van der Waals surface area contributed by atoms with Crippen LogP contribution in [0.3, 0.4) is 0 Å². The second-order valence-electron chi connectivity index (χ2n) is 9.88. The third kappa shape index (κ3) is 4.06. The first kappa shape index (κ1) is 22.5. The van der Waals surface area contributed by atoms with Gasteiger partial charge in [0.15, 0.2) is 0 Å². The van der Waals surface area contributed by atoms with Crippen molar-refractivity contribution in [3.05, 3.63) is 71.6 Å². The van der Waals surface area contributed by atoms with Crippen LogP contribution >= 0.6 is 0 Å². The fourth-order valence-electron chi connectivity index (χ4n) is 5.47. The molecular formula is C28H33N3O3. The van der Waals surface area contributed by atoms with Crippen LogP contribution in [-0.4, -0.2) is 39.4 Å². The maximum absolute atomic E-state index is 13.8. The molecule has 0 unspecified atom stereocenters. The monoisotopic (exact) mass is 459 g/mol. The maximum atomic E-state index is 13.8. The predicted octanol–water partition coefficient (Wildman–Crippen LogP) is 4.96. The smallest absolute Gasteiger partial charge is 0.271 e. The highest BCUT2D eigenvalue weighted by atomic mass is 16.3. The maximum Gasteiger partial charge on any atom is 0.271 e. The zero-order valence-electron chi connectivity index (χ0n) is 20.0. The van der Waals surface area contributed by atoms with Gasteiger partial charge in [0.05, 0.1) is 18.5 Å². The number of fused-ring (bicyclic) bond motifs is 1. The summed E-state index contributed by atoms with van der Waals surface area (Å²) in [5.41, 5.74) is 2.82. The number of hydrogen-bond acceptors (Lipinski definition) is 3. The van der Waals surface area contributed by atoms with E-state index >= 15 is 0 Å². The van der Waals surface area contributed by atoms with Crippen molar-refractivity contribution in [1.82, 2.24) is 14.8 Å². The Morgan fingerprint density at radius 1 is 1.06 bits per heavy atom. The summed E-state index contributed by atoms with van der Waals surface area (Å²) < 4.78 is 7.58. The quantitative estimate of drug-likeness (QED) is 0.566. The topological polar surface area (TPSA) is 67.5 Å². The summed E-state index contributed by atoms with van der Waals surface area (Å²) in [6.07, 6.45) is 7.85. The van der Waals surface area contributed by atoms with Crippen LogP contribution in [0.15, 0.2) is 59.2 Å². The third-order valence-electron chi connectivity index (χ3n) is 7.58. The molecule has 1 saturated carbocycles. The van der Waals surface area contributed by atoms with Crippen LogP contribution in [0.5, 0.6) is 0 Å². The summed E-state index contributed by atoms with van der Waals surface area (Å²) in [5.74, 6) is 0.517. The van der Waals surface area contributed by atoms with E-state index in [1.54, 1.807) is 11.2 Å². The molecule has 1 atom stereocenters. The first-order chi connectivity index (χ1) is 16.5. The van der Waals surface area contributed by atoms with Gasteiger partial charge < -0.3 is 19.2 Å². The fraction of sp³-hybridized carbons (Fsp3) is 0.429. The Morgan fingerprint density at radius 3 is 2.56 bits per heavy atom. The molecule has 0 bridgehead atoms. The number of aryl methyl sites for hydroxylation is 1. The van der Waals surface area contributed by atoms with Gasteiger partial charge in [-0.05, 0) is 68.5 Å². The zero-order chi connectivity index (χ0) is 23.7. The summed E-state index contributed by atoms with van der Waals surface area (Å²) >= 11 is 0. The lowest BCUT2D eigenvalue weighted by Crippen LogP contribution is -2.65. The Bertz CT molecular complexity index is 1170. The summed E-state index contributed by atoms with van der Waals surface area (Å²) in [6.45, 7) is 4.88. The average Bonchev–Trinajstić information content (AvgIpc) is 3.50. The molecule has 1 aliphatic carbocycles. The van der Waals surface area contributed by atoms with E-state index in [0.29, 0.717) is 31.0 Å². The van der Waals surface area contributed by atoms with Crippen molar-refractivity contribution in [3.63, 3.8) is 0 Å². The first-order valence-corrected chi connectivity index (χ1v) is 12.4.